The summed E-state index contributed by atoms with van der Waals surface area (Å²) >= 11 is 0. The largest absolute Gasteiger partial charge is 0.480 e. The number of carboxylic acids is 1. The number of aliphatic carboxylic acids is 1. The van der Waals surface area contributed by atoms with E-state index in [1.165, 1.54) is 11.8 Å². The summed E-state index contributed by atoms with van der Waals surface area (Å²) in [4.78, 5) is 36.4. The van der Waals surface area contributed by atoms with Crippen molar-refractivity contribution < 1.29 is 28.3 Å². The number of alkyl halides is 2. The topological polar surface area (TPSA) is 86.7 Å². The Morgan fingerprint density at radius 2 is 2.00 bits per heavy atom. The zero-order valence-corrected chi connectivity index (χ0v) is 12.4. The fraction of sp³-hybridized carbons (Fsp3) is 0.786. The maximum Gasteiger partial charge on any atom is 0.323 e. The van der Waals surface area contributed by atoms with Gasteiger partial charge in [-0.1, -0.05) is 6.92 Å². The van der Waals surface area contributed by atoms with Crippen LogP contribution in [0, 0.1) is 5.41 Å². The molecular formula is C14H20F2N2O4. The van der Waals surface area contributed by atoms with E-state index >= 15 is 0 Å². The fourth-order valence-electron chi connectivity index (χ4n) is 3.14. The second-order valence-electron chi connectivity index (χ2n) is 6.45. The first-order valence-electron chi connectivity index (χ1n) is 7.32. The quantitative estimate of drug-likeness (QED) is 0.810. The monoisotopic (exact) mass is 318 g/mol. The molecule has 0 aromatic heterocycles. The van der Waals surface area contributed by atoms with Crippen LogP contribution in [-0.2, 0) is 14.4 Å². The number of amides is 2. The normalized spacial score (nSPS) is 26.8. The van der Waals surface area contributed by atoms with Crippen LogP contribution in [0.1, 0.15) is 39.0 Å². The lowest BCUT2D eigenvalue weighted by atomic mass is 9.67. The maximum absolute atomic E-state index is 13.0. The van der Waals surface area contributed by atoms with Gasteiger partial charge in [0.05, 0.1) is 5.41 Å². The van der Waals surface area contributed by atoms with Crippen LogP contribution >= 0.6 is 0 Å². The standard InChI is InChI=1S/C14H20F2N2O4/c1-13(7-14(15,16)8-13)12(22)17-9-4-2-3-5-18(11(9)21)6-10(19)20/h9H,2-8H2,1H3,(H,17,22)(H,19,20). The molecule has 6 nitrogen and oxygen atoms in total. The predicted molar refractivity (Wildman–Crippen MR) is 72.3 cm³/mol. The molecule has 0 bridgehead atoms. The van der Waals surface area contributed by atoms with Crippen molar-refractivity contribution in [3.05, 3.63) is 0 Å². The number of carbonyl (C=O) groups is 3. The lowest BCUT2D eigenvalue weighted by Crippen LogP contribution is -2.57. The molecule has 2 rings (SSSR count). The van der Waals surface area contributed by atoms with Gasteiger partial charge in [-0.05, 0) is 19.3 Å². The number of rotatable bonds is 4. The minimum Gasteiger partial charge on any atom is -0.480 e. The Hall–Kier alpha value is -1.73. The van der Waals surface area contributed by atoms with Gasteiger partial charge in [-0.25, -0.2) is 8.78 Å². The van der Waals surface area contributed by atoms with Crippen molar-refractivity contribution in [1.29, 1.82) is 0 Å². The van der Waals surface area contributed by atoms with Crippen LogP contribution in [0.15, 0.2) is 0 Å². The van der Waals surface area contributed by atoms with Crippen molar-refractivity contribution in [1.82, 2.24) is 10.2 Å². The van der Waals surface area contributed by atoms with E-state index in [4.69, 9.17) is 5.11 Å². The van der Waals surface area contributed by atoms with E-state index in [9.17, 15) is 23.2 Å². The first-order chi connectivity index (χ1) is 10.1. The number of hydrogen-bond donors (Lipinski definition) is 2. The Labute approximate surface area is 126 Å². The third kappa shape index (κ3) is 3.53. The Balaban J connectivity index is 2.00. The van der Waals surface area contributed by atoms with Gasteiger partial charge in [-0.3, -0.25) is 14.4 Å². The molecule has 1 atom stereocenters. The van der Waals surface area contributed by atoms with E-state index < -0.39 is 54.5 Å². The minimum absolute atomic E-state index is 0.326. The van der Waals surface area contributed by atoms with Gasteiger partial charge in [0, 0.05) is 19.4 Å². The number of carboxylic acid groups (broad SMARTS) is 1. The molecule has 2 amide bonds. The third-order valence-corrected chi connectivity index (χ3v) is 4.26. The van der Waals surface area contributed by atoms with Crippen LogP contribution in [0.3, 0.4) is 0 Å². The minimum atomic E-state index is -2.82. The highest BCUT2D eigenvalue weighted by Crippen LogP contribution is 2.51. The number of nitrogens with one attached hydrogen (secondary N) is 1. The van der Waals surface area contributed by atoms with Crippen molar-refractivity contribution in [2.45, 2.75) is 51.0 Å². The molecular weight excluding hydrogens is 298 g/mol. The molecule has 124 valence electrons. The summed E-state index contributed by atoms with van der Waals surface area (Å²) in [7, 11) is 0. The van der Waals surface area contributed by atoms with Crippen LogP contribution in [0.2, 0.25) is 0 Å². The van der Waals surface area contributed by atoms with Gasteiger partial charge < -0.3 is 15.3 Å². The lowest BCUT2D eigenvalue weighted by molar-refractivity contribution is -0.175. The number of hydrogen-bond acceptors (Lipinski definition) is 3. The summed E-state index contributed by atoms with van der Waals surface area (Å²) < 4.78 is 26.0. The third-order valence-electron chi connectivity index (χ3n) is 4.26. The molecule has 1 saturated heterocycles. The van der Waals surface area contributed by atoms with Gasteiger partial charge in [0.25, 0.3) is 0 Å². The molecule has 1 aliphatic heterocycles. The van der Waals surface area contributed by atoms with Crippen molar-refractivity contribution in [2.75, 3.05) is 13.1 Å². The zero-order chi connectivity index (χ0) is 16.5. The Bertz CT molecular complexity index is 487. The Morgan fingerprint density at radius 3 is 2.55 bits per heavy atom. The van der Waals surface area contributed by atoms with Gasteiger partial charge in [0.15, 0.2) is 0 Å². The number of likely N-dealkylation sites (tertiary alicyclic amines) is 1. The van der Waals surface area contributed by atoms with Crippen LogP contribution in [0.4, 0.5) is 8.78 Å². The molecule has 0 aromatic rings. The Kier molecular flexibility index (Phi) is 4.39. The number of nitrogens with zero attached hydrogens (tertiary/aromatic N) is 1. The van der Waals surface area contributed by atoms with E-state index in [-0.39, 0.29) is 0 Å². The summed E-state index contributed by atoms with van der Waals surface area (Å²) in [5, 5.41) is 11.3. The highest BCUT2D eigenvalue weighted by Gasteiger charge is 2.58. The zero-order valence-electron chi connectivity index (χ0n) is 12.4. The summed E-state index contributed by atoms with van der Waals surface area (Å²) in [6.45, 7) is 1.36. The SMILES string of the molecule is CC1(C(=O)NC2CCCCN(CC(=O)O)C2=O)CC(F)(F)C1. The molecule has 1 saturated carbocycles. The molecule has 1 aliphatic carbocycles. The number of halogens is 2. The molecule has 2 N–H and O–H groups in total. The van der Waals surface area contributed by atoms with E-state index in [0.29, 0.717) is 25.8 Å². The number of carbonyl (C=O) groups excluding carboxylic acids is 2. The molecule has 8 heteroatoms. The van der Waals surface area contributed by atoms with Crippen LogP contribution in [-0.4, -0.2) is 52.8 Å². The molecule has 0 aromatic carbocycles. The molecule has 1 unspecified atom stereocenters. The lowest BCUT2D eigenvalue weighted by Gasteiger charge is -2.43. The summed E-state index contributed by atoms with van der Waals surface area (Å²) in [6, 6.07) is -0.833. The van der Waals surface area contributed by atoms with E-state index in [1.54, 1.807) is 0 Å². The predicted octanol–water partition coefficient (Wildman–Crippen LogP) is 1.00. The molecule has 0 spiro atoms. The molecule has 2 aliphatic rings. The van der Waals surface area contributed by atoms with Crippen molar-refractivity contribution in [2.24, 2.45) is 5.41 Å². The fourth-order valence-corrected chi connectivity index (χ4v) is 3.14. The summed E-state index contributed by atoms with van der Waals surface area (Å²) in [5.74, 6) is -4.96. The maximum atomic E-state index is 13.0. The van der Waals surface area contributed by atoms with Crippen LogP contribution < -0.4 is 5.32 Å². The first kappa shape index (κ1) is 16.6. The molecule has 1 heterocycles. The first-order valence-corrected chi connectivity index (χ1v) is 7.32. The van der Waals surface area contributed by atoms with Crippen molar-refractivity contribution in [3.8, 4) is 0 Å². The van der Waals surface area contributed by atoms with Gasteiger partial charge >= 0.3 is 5.97 Å². The van der Waals surface area contributed by atoms with Crippen LogP contribution in [0.25, 0.3) is 0 Å². The summed E-state index contributed by atoms with van der Waals surface area (Å²) in [6.07, 6.45) is 0.671. The second-order valence-corrected chi connectivity index (χ2v) is 6.45. The highest BCUT2D eigenvalue weighted by molar-refractivity contribution is 5.91. The van der Waals surface area contributed by atoms with Crippen molar-refractivity contribution >= 4 is 17.8 Å². The van der Waals surface area contributed by atoms with Crippen molar-refractivity contribution in [3.63, 3.8) is 0 Å². The smallest absolute Gasteiger partial charge is 0.323 e. The van der Waals surface area contributed by atoms with Gasteiger partial charge in [0.2, 0.25) is 17.7 Å². The molecule has 0 radical (unpaired) electrons. The highest BCUT2D eigenvalue weighted by atomic mass is 19.3. The average Bonchev–Trinajstić information content (AvgIpc) is 2.51. The van der Waals surface area contributed by atoms with E-state index in [2.05, 4.69) is 5.32 Å². The van der Waals surface area contributed by atoms with Gasteiger partial charge in [-0.2, -0.15) is 0 Å². The van der Waals surface area contributed by atoms with Gasteiger partial charge in [-0.15, -0.1) is 0 Å². The second kappa shape index (κ2) is 5.81. The van der Waals surface area contributed by atoms with E-state index in [1.807, 2.05) is 0 Å². The average molecular weight is 318 g/mol. The summed E-state index contributed by atoms with van der Waals surface area (Å²) in [5.41, 5.74) is -1.16. The van der Waals surface area contributed by atoms with E-state index in [0.717, 1.165) is 0 Å². The Morgan fingerprint density at radius 1 is 1.36 bits per heavy atom. The van der Waals surface area contributed by atoms with Crippen LogP contribution in [0.5, 0.6) is 0 Å². The molecule has 2 fully saturated rings. The van der Waals surface area contributed by atoms with Gasteiger partial charge in [0.1, 0.15) is 12.6 Å². The molecule has 22 heavy (non-hydrogen) atoms.